The molecule has 6 aromatic carbocycles. The minimum absolute atomic E-state index is 0.0123. The molecule has 2 aliphatic rings. The van der Waals surface area contributed by atoms with Gasteiger partial charge in [-0.2, -0.15) is 0 Å². The van der Waals surface area contributed by atoms with E-state index in [9.17, 15) is 23.2 Å². The first kappa shape index (κ1) is 54.2. The molecule has 6 aromatic heterocycles. The highest BCUT2D eigenvalue weighted by Gasteiger charge is 2.32. The molecule has 5 N–H and O–H groups in total. The van der Waals surface area contributed by atoms with Crippen LogP contribution < -0.4 is 32.1 Å². The molecule has 15 nitrogen and oxygen atoms in total. The van der Waals surface area contributed by atoms with E-state index in [4.69, 9.17) is 24.0 Å². The Morgan fingerprint density at radius 1 is 0.578 bits per heavy atom. The van der Waals surface area contributed by atoms with E-state index < -0.39 is 5.63 Å². The lowest BCUT2D eigenvalue weighted by atomic mass is 10.0. The van der Waals surface area contributed by atoms with E-state index >= 15 is 0 Å². The van der Waals surface area contributed by atoms with Gasteiger partial charge in [0, 0.05) is 84.4 Å². The predicted octanol–water partition coefficient (Wildman–Crippen LogP) is 11.5. The number of benzene rings is 6. The number of nitrogens with zero attached hydrogens (tertiary/aromatic N) is 4. The zero-order valence-electron chi connectivity index (χ0n) is 45.1. The smallest absolute Gasteiger partial charge is 0.345 e. The number of aldehydes is 1. The number of carbonyl (C=O) groups excluding carboxylic acids is 1. The molecule has 0 aliphatic carbocycles. The van der Waals surface area contributed by atoms with Crippen LogP contribution in [0.15, 0.2) is 201 Å². The number of halogens is 2. The number of H-pyrrole nitrogens is 2. The van der Waals surface area contributed by atoms with Crippen molar-refractivity contribution in [1.29, 1.82) is 0 Å². The monoisotopic (exact) mass is 1110 g/mol. The van der Waals surface area contributed by atoms with Gasteiger partial charge in [0.25, 0.3) is 0 Å². The highest BCUT2D eigenvalue weighted by Crippen LogP contribution is 2.31. The van der Waals surface area contributed by atoms with Crippen LogP contribution in [0.2, 0.25) is 0 Å². The number of para-hydroxylation sites is 2. The summed E-state index contributed by atoms with van der Waals surface area (Å²) in [5, 5.41) is 9.85. The predicted molar refractivity (Wildman–Crippen MR) is 320 cm³/mol. The molecule has 0 amide bonds. The van der Waals surface area contributed by atoms with Crippen LogP contribution >= 0.6 is 0 Å². The molecule has 4 atom stereocenters. The second-order valence-electron chi connectivity index (χ2n) is 20.8. The van der Waals surface area contributed by atoms with Gasteiger partial charge in [0.05, 0.1) is 52.9 Å². The second-order valence-corrected chi connectivity index (χ2v) is 20.8. The van der Waals surface area contributed by atoms with Crippen molar-refractivity contribution in [3.05, 3.63) is 237 Å². The second kappa shape index (κ2) is 24.4. The zero-order chi connectivity index (χ0) is 56.8. The van der Waals surface area contributed by atoms with Gasteiger partial charge >= 0.3 is 11.3 Å². The van der Waals surface area contributed by atoms with Crippen LogP contribution in [0.3, 0.4) is 0 Å². The molecule has 17 heteroatoms. The Kier molecular flexibility index (Phi) is 15.9. The van der Waals surface area contributed by atoms with E-state index in [1.165, 1.54) is 18.2 Å². The first-order valence-electron chi connectivity index (χ1n) is 27.5. The van der Waals surface area contributed by atoms with Gasteiger partial charge in [0.2, 0.25) is 0 Å². The summed E-state index contributed by atoms with van der Waals surface area (Å²) in [7, 11) is 0. The first-order chi connectivity index (χ1) is 40.6. The van der Waals surface area contributed by atoms with Gasteiger partial charge in [-0.1, -0.05) is 97.1 Å². The third-order valence-electron chi connectivity index (χ3n) is 15.3. The molecule has 2 saturated heterocycles. The number of ether oxygens (including phenoxy) is 2. The Bertz CT molecular complexity index is 4380. The van der Waals surface area contributed by atoms with Gasteiger partial charge in [-0.25, -0.2) is 28.3 Å². The number of rotatable bonds is 12. The molecule has 12 aromatic rings. The number of hydrogen-bond acceptors (Lipinski definition) is 13. The van der Waals surface area contributed by atoms with Gasteiger partial charge in [0.15, 0.2) is 6.29 Å². The molecular formula is C66H58F2N8O7. The maximum absolute atomic E-state index is 14.2. The number of nitrogens with one attached hydrogen (secondary N) is 3. The van der Waals surface area contributed by atoms with Gasteiger partial charge in [0.1, 0.15) is 34.4 Å². The summed E-state index contributed by atoms with van der Waals surface area (Å²) in [6.07, 6.45) is 5.60. The van der Waals surface area contributed by atoms with E-state index in [1.807, 2.05) is 97.1 Å². The van der Waals surface area contributed by atoms with E-state index in [1.54, 1.807) is 54.9 Å². The summed E-state index contributed by atoms with van der Waals surface area (Å²) in [5.41, 5.74) is 11.5. The van der Waals surface area contributed by atoms with E-state index in [0.717, 1.165) is 92.2 Å². The normalized spacial score (nSPS) is 17.2. The fraction of sp³-hybridized carbons (Fsp3) is 0.197. The molecule has 0 spiro atoms. The molecule has 0 bridgehead atoms. The first-order valence-corrected chi connectivity index (χ1v) is 27.5. The molecule has 418 valence electrons. The number of aromatic nitrogens is 4. The standard InChI is InChI=1S/C33H29FN4O3.C21H22FN3O.C12H7NO3/c34-23-11-10-22-12-14-35-32(26(22)16-23)38-15-13-28(30(19-38)40-20-21-6-2-1-3-7-21)36-18-24-17-27-31(37-24)25-8-4-5-9-29(25)41-33(27)39;22-17-7-6-16-8-10-24-21(18(16)12-17)25-11-9-19(23)20(13-25)26-14-15-4-2-1-3-5-15;14-6-7-5-9-11(13-7)8-3-1-2-4-10(8)16-12(9)15/h1-12,14,16-17,28,30,36-37H,13,15,18-20H2;1-8,10,12,19-20H,9,11,13-14,23H2;1-6,13H. The molecule has 83 heavy (non-hydrogen) atoms. The Morgan fingerprint density at radius 2 is 1.08 bits per heavy atom. The van der Waals surface area contributed by atoms with Gasteiger partial charge in [-0.15, -0.1) is 0 Å². The van der Waals surface area contributed by atoms with Crippen molar-refractivity contribution in [1.82, 2.24) is 25.3 Å². The summed E-state index contributed by atoms with van der Waals surface area (Å²) in [4.78, 5) is 54.7. The number of carbonyl (C=O) groups is 1. The van der Waals surface area contributed by atoms with Crippen molar-refractivity contribution in [3.8, 4) is 0 Å². The number of nitrogens with two attached hydrogens (primary N) is 1. The van der Waals surface area contributed by atoms with E-state index in [2.05, 4.69) is 47.2 Å². The topological polar surface area (TPSA) is 198 Å². The van der Waals surface area contributed by atoms with Gasteiger partial charge < -0.3 is 49.1 Å². The number of hydrogen-bond donors (Lipinski definition) is 4. The maximum atomic E-state index is 14.2. The van der Waals surface area contributed by atoms with Crippen LogP contribution in [0.1, 0.15) is 40.2 Å². The molecule has 0 saturated carbocycles. The highest BCUT2D eigenvalue weighted by molar-refractivity contribution is 6.04. The number of pyridine rings is 2. The summed E-state index contributed by atoms with van der Waals surface area (Å²) in [6.45, 7) is 4.33. The Hall–Kier alpha value is -9.39. The minimum atomic E-state index is -0.432. The summed E-state index contributed by atoms with van der Waals surface area (Å²) >= 11 is 0. The minimum Gasteiger partial charge on any atom is -0.422 e. The van der Waals surface area contributed by atoms with Crippen molar-refractivity contribution in [2.45, 2.75) is 56.9 Å². The Balaban J connectivity index is 0.000000137. The van der Waals surface area contributed by atoms with E-state index in [0.29, 0.717) is 72.3 Å². The van der Waals surface area contributed by atoms with Crippen molar-refractivity contribution >= 4 is 83.2 Å². The van der Waals surface area contributed by atoms with Crippen molar-refractivity contribution in [3.63, 3.8) is 0 Å². The molecular weight excluding hydrogens is 1050 g/mol. The summed E-state index contributed by atoms with van der Waals surface area (Å²) in [5.74, 6) is 1.03. The average molecular weight is 1110 g/mol. The number of anilines is 2. The SMILES string of the molecule is NC1CCN(c2nccc3ccc(F)cc23)CC1OCc1ccccc1.O=Cc1cc2c(=O)oc3ccccc3c2[nH]1.O=c1oc2ccccc2c2[nH]c(CNC3CCN(c4nccc5ccc(F)cc45)CC3OCc3ccccc3)cc12. The van der Waals surface area contributed by atoms with Crippen LogP contribution in [0, 0.1) is 11.6 Å². The Morgan fingerprint density at radius 3 is 1.66 bits per heavy atom. The third kappa shape index (κ3) is 12.0. The molecule has 0 radical (unpaired) electrons. The molecule has 8 heterocycles. The lowest BCUT2D eigenvalue weighted by molar-refractivity contribution is 0.00886. The van der Waals surface area contributed by atoms with Crippen LogP contribution in [0.25, 0.3) is 65.3 Å². The fourth-order valence-electron chi connectivity index (χ4n) is 11.1. The lowest BCUT2D eigenvalue weighted by Crippen LogP contribution is -2.53. The van der Waals surface area contributed by atoms with Crippen molar-refractivity contribution in [2.24, 2.45) is 5.73 Å². The van der Waals surface area contributed by atoms with E-state index in [-0.39, 0.29) is 41.6 Å². The molecule has 2 aliphatic heterocycles. The van der Waals surface area contributed by atoms with Crippen LogP contribution in [-0.4, -0.2) is 76.7 Å². The fourth-order valence-corrected chi connectivity index (χ4v) is 11.1. The van der Waals surface area contributed by atoms with Crippen molar-refractivity contribution in [2.75, 3.05) is 36.0 Å². The lowest BCUT2D eigenvalue weighted by Gasteiger charge is -2.39. The van der Waals surface area contributed by atoms with Crippen LogP contribution in [-0.2, 0) is 29.2 Å². The highest BCUT2D eigenvalue weighted by atomic mass is 19.1. The average Bonchev–Trinajstić information content (AvgIpc) is 4.21. The molecule has 14 rings (SSSR count). The van der Waals surface area contributed by atoms with Crippen molar-refractivity contribution < 1.29 is 31.9 Å². The number of piperidine rings is 2. The number of aromatic amines is 2. The van der Waals surface area contributed by atoms with Gasteiger partial charge in [-0.3, -0.25) is 4.79 Å². The summed E-state index contributed by atoms with van der Waals surface area (Å²) < 4.78 is 51.2. The molecule has 2 fully saturated rings. The van der Waals surface area contributed by atoms with Gasteiger partial charge in [-0.05, 0) is 108 Å². The molecule has 4 unspecified atom stereocenters. The maximum Gasteiger partial charge on any atom is 0.345 e. The summed E-state index contributed by atoms with van der Waals surface area (Å²) in [6, 6.07) is 51.8. The Labute approximate surface area is 474 Å². The quantitative estimate of drug-likeness (QED) is 0.0666. The third-order valence-corrected chi connectivity index (χ3v) is 15.3. The zero-order valence-corrected chi connectivity index (χ0v) is 45.1. The number of fused-ring (bicyclic) bond motifs is 8. The van der Waals surface area contributed by atoms with Crippen LogP contribution in [0.5, 0.6) is 0 Å². The van der Waals surface area contributed by atoms with Crippen LogP contribution in [0.4, 0.5) is 20.4 Å². The largest absolute Gasteiger partial charge is 0.422 e.